The predicted molar refractivity (Wildman–Crippen MR) is 112 cm³/mol. The van der Waals surface area contributed by atoms with E-state index in [1.165, 1.54) is 0 Å². The first-order valence-electron chi connectivity index (χ1n) is 12.5. The van der Waals surface area contributed by atoms with Crippen LogP contribution in [-0.2, 0) is 18.9 Å². The normalized spacial score (nSPS) is 77.8. The molecule has 2 heterocycles. The van der Waals surface area contributed by atoms with Gasteiger partial charge in [0.1, 0.15) is 0 Å². The fourth-order valence-electron chi connectivity index (χ4n) is 14.2. The zero-order valence-corrected chi connectivity index (χ0v) is 20.2. The van der Waals surface area contributed by atoms with Crippen LogP contribution >= 0.6 is 31.9 Å². The van der Waals surface area contributed by atoms with Crippen LogP contribution in [-0.4, -0.2) is 63.8 Å². The zero-order valence-electron chi connectivity index (χ0n) is 17.1. The van der Waals surface area contributed by atoms with Gasteiger partial charge >= 0.3 is 6.03 Å². The molecule has 14 fully saturated rings. The second-order valence-electron chi connectivity index (χ2n) is 13.0. The Morgan fingerprint density at radius 1 is 0.562 bits per heavy atom. The van der Waals surface area contributed by atoms with E-state index in [0.717, 1.165) is 0 Å². The van der Waals surface area contributed by atoms with Gasteiger partial charge in [-0.1, -0.05) is 31.9 Å². The molecule has 32 heavy (non-hydrogen) atoms. The van der Waals surface area contributed by atoms with E-state index in [4.69, 9.17) is 18.9 Å². The van der Waals surface area contributed by atoms with E-state index in [1.54, 1.807) is 0 Å². The number of carbonyl (C=O) groups excluding carboxylic acids is 1. The lowest BCUT2D eigenvalue weighted by molar-refractivity contribution is -0.397. The Morgan fingerprint density at radius 2 is 0.875 bits per heavy atom. The van der Waals surface area contributed by atoms with Gasteiger partial charge < -0.3 is 29.6 Å². The maximum atomic E-state index is 13.4. The third kappa shape index (κ3) is 0.921. The van der Waals surface area contributed by atoms with Gasteiger partial charge in [-0.15, -0.1) is 0 Å². The first-order valence-corrected chi connectivity index (χ1v) is 14.1. The summed E-state index contributed by atoms with van der Waals surface area (Å²) in [7, 11) is 0. The van der Waals surface area contributed by atoms with Gasteiger partial charge in [0, 0.05) is 11.8 Å². The van der Waals surface area contributed by atoms with Crippen molar-refractivity contribution in [3.63, 3.8) is 0 Å². The number of ether oxygens (including phenoxy) is 4. The maximum Gasteiger partial charge on any atom is 0.315 e. The fraction of sp³-hybridized carbons (Fsp3) is 0.957. The Labute approximate surface area is 200 Å². The Hall–Kier alpha value is 0.0700. The lowest BCUT2D eigenvalue weighted by atomic mass is 9.16. The van der Waals surface area contributed by atoms with Crippen LogP contribution in [0.15, 0.2) is 0 Å². The minimum absolute atomic E-state index is 0.0104. The summed E-state index contributed by atoms with van der Waals surface area (Å²) in [6.07, 6.45) is 0. The van der Waals surface area contributed by atoms with Crippen molar-refractivity contribution in [2.45, 2.75) is 31.3 Å². The number of urea groups is 1. The molecule has 168 valence electrons. The summed E-state index contributed by atoms with van der Waals surface area (Å²) in [5.41, 5.74) is 0.0368. The Balaban J connectivity index is 0.850. The van der Waals surface area contributed by atoms with Crippen molar-refractivity contribution in [3.05, 3.63) is 0 Å². The molecule has 12 saturated carbocycles. The molecule has 2 saturated heterocycles. The number of rotatable bonds is 2. The van der Waals surface area contributed by atoms with Gasteiger partial charge in [-0.2, -0.15) is 0 Å². The Kier molecular flexibility index (Phi) is 2.02. The fourth-order valence-corrected chi connectivity index (χ4v) is 17.4. The summed E-state index contributed by atoms with van der Waals surface area (Å²) in [6, 6.07) is 0.0771. The van der Waals surface area contributed by atoms with E-state index in [2.05, 4.69) is 42.5 Å². The first-order chi connectivity index (χ1) is 15.5. The summed E-state index contributed by atoms with van der Waals surface area (Å²) >= 11 is 8.23. The molecule has 2 N–H and O–H groups in total. The van der Waals surface area contributed by atoms with Crippen LogP contribution in [0.2, 0.25) is 0 Å². The molecule has 9 heteroatoms. The number of carbonyl (C=O) groups is 1. The van der Waals surface area contributed by atoms with E-state index >= 15 is 0 Å². The zero-order chi connectivity index (χ0) is 20.6. The summed E-state index contributed by atoms with van der Waals surface area (Å²) in [4.78, 5) is 13.4. The summed E-state index contributed by atoms with van der Waals surface area (Å²) in [5.74, 6) is 5.84. The van der Waals surface area contributed by atoms with Gasteiger partial charge in [0.05, 0.1) is 46.2 Å². The molecule has 12 aliphatic carbocycles. The second kappa shape index (κ2) is 3.88. The quantitative estimate of drug-likeness (QED) is 0.489. The summed E-state index contributed by atoms with van der Waals surface area (Å²) < 4.78 is 25.1. The van der Waals surface area contributed by atoms with Crippen LogP contribution in [0.3, 0.4) is 0 Å². The van der Waals surface area contributed by atoms with Gasteiger partial charge in [0.15, 0.2) is 11.6 Å². The summed E-state index contributed by atoms with van der Waals surface area (Å²) in [5, 5.41) is 7.13. The van der Waals surface area contributed by atoms with Crippen molar-refractivity contribution in [2.75, 3.05) is 26.4 Å². The third-order valence-electron chi connectivity index (χ3n) is 13.9. The molecule has 12 atom stereocenters. The van der Waals surface area contributed by atoms with Gasteiger partial charge in [-0.3, -0.25) is 0 Å². The molecule has 2 spiro atoms. The third-order valence-corrected chi connectivity index (χ3v) is 17.2. The SMILES string of the molecule is O=C(NC12C3[C@@H]4[C@H]1C1[C@@H]2[C@H]3C4(Br)C12OCCO2)NC12C3[C@H]4[C@H]1C1[C@@H]2[C@H]3C4(Br)C12OCCO2. The molecule has 14 aliphatic rings. The van der Waals surface area contributed by atoms with E-state index in [-0.39, 0.29) is 25.8 Å². The molecule has 14 rings (SSSR count). The number of alkyl halides is 2. The molecule has 0 radical (unpaired) electrons. The maximum absolute atomic E-state index is 13.4. The van der Waals surface area contributed by atoms with Crippen LogP contribution in [0.4, 0.5) is 4.79 Å². The van der Waals surface area contributed by atoms with Crippen LogP contribution < -0.4 is 10.6 Å². The standard InChI is InChI=1S/C23H22Br2N2O5/c24-20-11-5-12(20)8-15(22(20)29-1-2-30-22)7(11)18(5,8)26-17(28)27-19-6-13-9(19)16-10(19)14(6)21(13,25)23(16)31-3-4-32-23/h5-16H,1-4H2,(H2,26,27,28)/t5?,6?,7-,8-,9-,10-,11-,12-,13-,14+,15?,16?,18?,19?,20?,21?/m0/s1. The van der Waals surface area contributed by atoms with Gasteiger partial charge in [-0.05, 0) is 59.2 Å². The summed E-state index contributed by atoms with van der Waals surface area (Å²) in [6.45, 7) is 2.81. The number of hydrogen-bond acceptors (Lipinski definition) is 5. The van der Waals surface area contributed by atoms with Crippen molar-refractivity contribution in [3.8, 4) is 0 Å². The minimum atomic E-state index is -0.415. The highest BCUT2D eigenvalue weighted by Gasteiger charge is 3.11. The molecular weight excluding hydrogens is 544 g/mol. The monoisotopic (exact) mass is 564 g/mol. The molecule has 2 amide bonds. The predicted octanol–water partition coefficient (Wildman–Crippen LogP) is 1.05. The number of amides is 2. The van der Waals surface area contributed by atoms with E-state index in [0.29, 0.717) is 97.4 Å². The van der Waals surface area contributed by atoms with Gasteiger partial charge in [0.25, 0.3) is 0 Å². The minimum Gasteiger partial charge on any atom is -0.346 e. The first kappa shape index (κ1) is 16.7. The van der Waals surface area contributed by atoms with Crippen LogP contribution in [0.1, 0.15) is 0 Å². The van der Waals surface area contributed by atoms with E-state index < -0.39 is 11.6 Å². The highest BCUT2D eigenvalue weighted by molar-refractivity contribution is 9.10. The van der Waals surface area contributed by atoms with Crippen molar-refractivity contribution < 1.29 is 23.7 Å². The largest absolute Gasteiger partial charge is 0.346 e. The average molecular weight is 566 g/mol. The van der Waals surface area contributed by atoms with Crippen molar-refractivity contribution >= 4 is 37.9 Å². The molecule has 7 nitrogen and oxygen atoms in total. The van der Waals surface area contributed by atoms with Crippen LogP contribution in [0.5, 0.6) is 0 Å². The average Bonchev–Trinajstić information content (AvgIpc) is 3.52. The van der Waals surface area contributed by atoms with Crippen molar-refractivity contribution in [2.24, 2.45) is 71.0 Å². The highest BCUT2D eigenvalue weighted by atomic mass is 79.9. The van der Waals surface area contributed by atoms with Crippen LogP contribution in [0, 0.1) is 71.0 Å². The molecule has 0 aromatic heterocycles. The molecule has 0 aromatic carbocycles. The Morgan fingerprint density at radius 3 is 1.22 bits per heavy atom. The number of nitrogens with one attached hydrogen (secondary N) is 2. The molecule has 4 unspecified atom stereocenters. The van der Waals surface area contributed by atoms with Gasteiger partial charge in [0.2, 0.25) is 0 Å². The molecule has 2 aliphatic heterocycles. The Bertz CT molecular complexity index is 1020. The van der Waals surface area contributed by atoms with E-state index in [9.17, 15) is 4.79 Å². The lowest BCUT2D eigenvalue weighted by Gasteiger charge is -2.92. The van der Waals surface area contributed by atoms with Crippen LogP contribution in [0.25, 0.3) is 0 Å². The molecular formula is C23H22Br2N2O5. The van der Waals surface area contributed by atoms with Crippen molar-refractivity contribution in [1.29, 1.82) is 0 Å². The lowest BCUT2D eigenvalue weighted by Crippen LogP contribution is -3.02. The highest BCUT2D eigenvalue weighted by Crippen LogP contribution is 3.02. The molecule has 0 aromatic rings. The van der Waals surface area contributed by atoms with E-state index in [1.807, 2.05) is 0 Å². The van der Waals surface area contributed by atoms with Crippen molar-refractivity contribution in [1.82, 2.24) is 10.6 Å². The van der Waals surface area contributed by atoms with Gasteiger partial charge in [-0.25, -0.2) is 4.79 Å². The second-order valence-corrected chi connectivity index (χ2v) is 15.6. The molecule has 4 bridgehead atoms. The topological polar surface area (TPSA) is 78.1 Å². The number of halogens is 2. The smallest absolute Gasteiger partial charge is 0.315 e. The number of hydrogen-bond donors (Lipinski definition) is 2.